The molecule has 6 rings (SSSR count). The minimum absolute atomic E-state index is 0.0145. The van der Waals surface area contributed by atoms with Crippen LogP contribution in [0.15, 0.2) is 12.1 Å². The highest BCUT2D eigenvalue weighted by molar-refractivity contribution is 5.96. The van der Waals surface area contributed by atoms with E-state index in [1.807, 2.05) is 6.07 Å². The number of piperidine rings is 1. The second-order valence-electron chi connectivity index (χ2n) is 10.1. The lowest BCUT2D eigenvalue weighted by atomic mass is 9.81. The van der Waals surface area contributed by atoms with Gasteiger partial charge in [0.1, 0.15) is 12.0 Å². The number of nitrogens with zero attached hydrogens (tertiary/aromatic N) is 2. The maximum Gasteiger partial charge on any atom is 0.241 e. The van der Waals surface area contributed by atoms with Crippen LogP contribution >= 0.6 is 0 Å². The number of likely N-dealkylation sites (N-methyl/N-ethyl adjacent to an activating group) is 1. The molecule has 5 aliphatic rings. The van der Waals surface area contributed by atoms with Crippen molar-refractivity contribution in [1.82, 2.24) is 15.1 Å². The summed E-state index contributed by atoms with van der Waals surface area (Å²) in [6.45, 7) is 1.75. The molecular formula is C24H34N4O4. The first kappa shape index (κ1) is 20.9. The third-order valence-corrected chi connectivity index (χ3v) is 8.58. The third-order valence-electron chi connectivity index (χ3n) is 8.58. The van der Waals surface area contributed by atoms with Gasteiger partial charge in [-0.25, -0.2) is 0 Å². The van der Waals surface area contributed by atoms with E-state index in [1.165, 1.54) is 5.56 Å². The third kappa shape index (κ3) is 2.97. The van der Waals surface area contributed by atoms with Gasteiger partial charge in [-0.15, -0.1) is 0 Å². The fourth-order valence-electron chi connectivity index (χ4n) is 7.18. The molecule has 0 unspecified atom stereocenters. The van der Waals surface area contributed by atoms with Gasteiger partial charge < -0.3 is 25.2 Å². The predicted molar refractivity (Wildman–Crippen MR) is 120 cm³/mol. The number of ether oxygens (including phenoxy) is 2. The number of piperazine rings is 1. The molecule has 1 aromatic carbocycles. The van der Waals surface area contributed by atoms with E-state index in [4.69, 9.17) is 9.47 Å². The van der Waals surface area contributed by atoms with E-state index < -0.39 is 0 Å². The van der Waals surface area contributed by atoms with Gasteiger partial charge in [-0.05, 0) is 50.9 Å². The molecule has 32 heavy (non-hydrogen) atoms. The van der Waals surface area contributed by atoms with Crippen LogP contribution in [0.1, 0.15) is 42.9 Å². The van der Waals surface area contributed by atoms with Crippen LogP contribution in [0.25, 0.3) is 0 Å². The van der Waals surface area contributed by atoms with Gasteiger partial charge >= 0.3 is 0 Å². The molecule has 3 N–H and O–H groups in total. The van der Waals surface area contributed by atoms with Crippen LogP contribution in [0.4, 0.5) is 5.69 Å². The lowest BCUT2D eigenvalue weighted by molar-refractivity contribution is -0.118. The van der Waals surface area contributed by atoms with Crippen LogP contribution in [-0.4, -0.2) is 85.1 Å². The largest absolute Gasteiger partial charge is 0.494 e. The summed E-state index contributed by atoms with van der Waals surface area (Å²) in [5.74, 6) is 1.07. The van der Waals surface area contributed by atoms with Crippen LogP contribution < -0.4 is 15.4 Å². The zero-order chi connectivity index (χ0) is 22.0. The molecule has 8 heteroatoms. The molecule has 0 saturated carbocycles. The Morgan fingerprint density at radius 1 is 1.34 bits per heavy atom. The topological polar surface area (TPSA) is 86.3 Å². The average molecular weight is 443 g/mol. The van der Waals surface area contributed by atoms with E-state index in [2.05, 4.69) is 33.5 Å². The fraction of sp³-hybridized carbons (Fsp3) is 0.708. The molecule has 2 bridgehead atoms. The lowest BCUT2D eigenvalue weighted by Crippen LogP contribution is -2.64. The SMILES string of the molecule is COc1c(NC(=O)[C@@H]2CCCCN2)ccc2c1[C@@H]1CO[C@@H]3[C@H]4C[C@@H](CO)[C@@H]([C@H](C2)N31)N4C. The van der Waals surface area contributed by atoms with Crippen molar-refractivity contribution in [1.29, 1.82) is 0 Å². The van der Waals surface area contributed by atoms with E-state index in [0.29, 0.717) is 24.7 Å². The van der Waals surface area contributed by atoms with E-state index in [9.17, 15) is 9.90 Å². The quantitative estimate of drug-likeness (QED) is 0.644. The van der Waals surface area contributed by atoms with Gasteiger partial charge in [-0.2, -0.15) is 0 Å². The summed E-state index contributed by atoms with van der Waals surface area (Å²) in [5, 5.41) is 16.5. The van der Waals surface area contributed by atoms with Crippen molar-refractivity contribution in [3.05, 3.63) is 23.3 Å². The number of aliphatic hydroxyl groups is 1. The molecule has 8 nitrogen and oxygen atoms in total. The smallest absolute Gasteiger partial charge is 0.241 e. The highest BCUT2D eigenvalue weighted by Crippen LogP contribution is 2.53. The molecule has 5 aliphatic heterocycles. The van der Waals surface area contributed by atoms with E-state index in [-0.39, 0.29) is 36.7 Å². The Morgan fingerprint density at radius 2 is 2.22 bits per heavy atom. The second kappa shape index (κ2) is 7.95. The minimum Gasteiger partial charge on any atom is -0.494 e. The second-order valence-corrected chi connectivity index (χ2v) is 10.1. The van der Waals surface area contributed by atoms with Gasteiger partial charge in [-0.1, -0.05) is 12.5 Å². The van der Waals surface area contributed by atoms with Gasteiger partial charge in [0.15, 0.2) is 0 Å². The van der Waals surface area contributed by atoms with Crippen molar-refractivity contribution < 1.29 is 19.4 Å². The number of anilines is 1. The number of carbonyl (C=O) groups excluding carboxylic acids is 1. The molecule has 0 spiro atoms. The molecule has 4 fully saturated rings. The maximum atomic E-state index is 12.9. The Bertz CT molecular complexity index is 904. The van der Waals surface area contributed by atoms with Crippen LogP contribution in [0.3, 0.4) is 0 Å². The van der Waals surface area contributed by atoms with E-state index in [0.717, 1.165) is 55.6 Å². The number of methoxy groups -OCH3 is 1. The first-order valence-electron chi connectivity index (χ1n) is 12.1. The van der Waals surface area contributed by atoms with Gasteiger partial charge in [0.05, 0.1) is 31.5 Å². The summed E-state index contributed by atoms with van der Waals surface area (Å²) in [5.41, 5.74) is 3.17. The highest BCUT2D eigenvalue weighted by Gasteiger charge is 2.60. The van der Waals surface area contributed by atoms with E-state index >= 15 is 0 Å². The van der Waals surface area contributed by atoms with Crippen molar-refractivity contribution in [3.63, 3.8) is 0 Å². The molecule has 4 saturated heterocycles. The summed E-state index contributed by atoms with van der Waals surface area (Å²) in [6, 6.07) is 5.09. The zero-order valence-corrected chi connectivity index (χ0v) is 18.9. The predicted octanol–water partition coefficient (Wildman–Crippen LogP) is 1.09. The molecule has 0 radical (unpaired) electrons. The van der Waals surface area contributed by atoms with Crippen molar-refractivity contribution in [2.75, 3.05) is 39.2 Å². The molecule has 7 atom stereocenters. The van der Waals surface area contributed by atoms with Crippen LogP contribution in [0, 0.1) is 5.92 Å². The number of amides is 1. The average Bonchev–Trinajstić information content (AvgIpc) is 3.36. The lowest BCUT2D eigenvalue weighted by Gasteiger charge is -2.51. The van der Waals surface area contributed by atoms with Crippen molar-refractivity contribution in [2.24, 2.45) is 5.92 Å². The Labute approximate surface area is 189 Å². The number of nitrogens with one attached hydrogen (secondary N) is 2. The van der Waals surface area contributed by atoms with Gasteiger partial charge in [0, 0.05) is 36.2 Å². The summed E-state index contributed by atoms with van der Waals surface area (Å²) in [7, 11) is 3.88. The Kier molecular flexibility index (Phi) is 5.19. The Morgan fingerprint density at radius 3 is 2.97 bits per heavy atom. The van der Waals surface area contributed by atoms with Crippen molar-refractivity contribution >= 4 is 11.6 Å². The number of hydrogen-bond donors (Lipinski definition) is 3. The van der Waals surface area contributed by atoms with E-state index in [1.54, 1.807) is 7.11 Å². The Hall–Kier alpha value is -1.71. The highest BCUT2D eigenvalue weighted by atomic mass is 16.5. The standard InChI is InChI=1S/C24H34N4O4/c1-27-18-10-14(11-29)21(27)17-9-13-6-7-15(26-23(30)16-5-3-4-8-25-16)22(31-2)20(13)19-12-32-24(18)28(17)19/h6-7,14,16-19,21,24-25,29H,3-5,8-12H2,1-2H3,(H,26,30)/t14-,16-,17-,18+,19-,21-,24+/m0/s1. The number of fused-ring (bicyclic) bond motifs is 6. The monoisotopic (exact) mass is 442 g/mol. The number of aliphatic hydroxyl groups excluding tert-OH is 1. The summed E-state index contributed by atoms with van der Waals surface area (Å²) in [4.78, 5) is 17.9. The Balaban J connectivity index is 1.35. The first-order valence-corrected chi connectivity index (χ1v) is 12.1. The first-order chi connectivity index (χ1) is 15.6. The minimum atomic E-state index is -0.142. The fourth-order valence-corrected chi connectivity index (χ4v) is 7.18. The van der Waals surface area contributed by atoms with Crippen LogP contribution in [-0.2, 0) is 16.0 Å². The zero-order valence-electron chi connectivity index (χ0n) is 18.9. The number of benzene rings is 1. The number of carbonyl (C=O) groups is 1. The normalized spacial score (nSPS) is 38.3. The molecular weight excluding hydrogens is 408 g/mol. The number of rotatable bonds is 4. The van der Waals surface area contributed by atoms with Gasteiger partial charge in [0.25, 0.3) is 0 Å². The van der Waals surface area contributed by atoms with Gasteiger partial charge in [-0.3, -0.25) is 14.6 Å². The molecule has 1 amide bonds. The summed E-state index contributed by atoms with van der Waals surface area (Å²) in [6.07, 6.45) is 5.00. The molecule has 174 valence electrons. The summed E-state index contributed by atoms with van der Waals surface area (Å²) < 4.78 is 12.3. The number of hydrogen-bond acceptors (Lipinski definition) is 7. The van der Waals surface area contributed by atoms with Crippen molar-refractivity contribution in [3.8, 4) is 5.75 Å². The molecule has 5 heterocycles. The molecule has 0 aromatic heterocycles. The maximum absolute atomic E-state index is 12.9. The van der Waals surface area contributed by atoms with Gasteiger partial charge in [0.2, 0.25) is 5.91 Å². The molecule has 0 aliphatic carbocycles. The van der Waals surface area contributed by atoms with Crippen molar-refractivity contribution in [2.45, 2.75) is 68.5 Å². The summed E-state index contributed by atoms with van der Waals surface area (Å²) >= 11 is 0. The van der Waals surface area contributed by atoms with Crippen LogP contribution in [0.2, 0.25) is 0 Å². The van der Waals surface area contributed by atoms with Crippen LogP contribution in [0.5, 0.6) is 5.75 Å². The molecule has 1 aromatic rings.